The fourth-order valence-corrected chi connectivity index (χ4v) is 8.21. The molecular formula is C57H106O6. The van der Waals surface area contributed by atoms with Gasteiger partial charge in [-0.2, -0.15) is 0 Å². The molecule has 0 amide bonds. The first-order valence-corrected chi connectivity index (χ1v) is 27.8. The van der Waals surface area contributed by atoms with Crippen LogP contribution in [0.15, 0.2) is 24.3 Å². The van der Waals surface area contributed by atoms with Gasteiger partial charge in [0.2, 0.25) is 0 Å². The molecule has 0 aliphatic heterocycles. The van der Waals surface area contributed by atoms with Crippen LogP contribution in [0.4, 0.5) is 0 Å². The zero-order valence-electron chi connectivity index (χ0n) is 42.4. The van der Waals surface area contributed by atoms with Crippen molar-refractivity contribution < 1.29 is 28.6 Å². The molecule has 0 aromatic rings. The summed E-state index contributed by atoms with van der Waals surface area (Å²) in [7, 11) is 0. The van der Waals surface area contributed by atoms with E-state index in [1.807, 2.05) is 0 Å². The third-order valence-corrected chi connectivity index (χ3v) is 12.4. The second-order valence-electron chi connectivity index (χ2n) is 18.8. The van der Waals surface area contributed by atoms with Gasteiger partial charge in [0.05, 0.1) is 0 Å². The molecule has 0 N–H and O–H groups in total. The Hall–Kier alpha value is -2.11. The van der Waals surface area contributed by atoms with Crippen molar-refractivity contribution in [3.8, 4) is 0 Å². The Morgan fingerprint density at radius 3 is 0.857 bits per heavy atom. The Balaban J connectivity index is 4.25. The first kappa shape index (κ1) is 60.9. The van der Waals surface area contributed by atoms with E-state index in [-0.39, 0.29) is 31.1 Å². The molecule has 0 radical (unpaired) electrons. The van der Waals surface area contributed by atoms with E-state index in [1.54, 1.807) is 0 Å². The van der Waals surface area contributed by atoms with Gasteiger partial charge in [0, 0.05) is 19.3 Å². The average Bonchev–Trinajstić information content (AvgIpc) is 3.28. The van der Waals surface area contributed by atoms with Crippen molar-refractivity contribution in [1.82, 2.24) is 0 Å². The molecule has 1 atom stereocenters. The number of rotatable bonds is 51. The highest BCUT2D eigenvalue weighted by molar-refractivity contribution is 5.71. The fourth-order valence-electron chi connectivity index (χ4n) is 8.21. The van der Waals surface area contributed by atoms with E-state index in [4.69, 9.17) is 14.2 Å². The van der Waals surface area contributed by atoms with Gasteiger partial charge in [-0.05, 0) is 64.2 Å². The van der Waals surface area contributed by atoms with Crippen LogP contribution in [0.25, 0.3) is 0 Å². The number of ether oxygens (including phenoxy) is 3. The first-order valence-electron chi connectivity index (χ1n) is 27.8. The zero-order chi connectivity index (χ0) is 45.8. The molecule has 0 aromatic heterocycles. The van der Waals surface area contributed by atoms with E-state index >= 15 is 0 Å². The maximum atomic E-state index is 12.8. The highest BCUT2D eigenvalue weighted by Crippen LogP contribution is 2.17. The predicted octanol–water partition coefficient (Wildman–Crippen LogP) is 18.3. The maximum Gasteiger partial charge on any atom is 0.306 e. The minimum atomic E-state index is -0.774. The summed E-state index contributed by atoms with van der Waals surface area (Å²) in [5.74, 6) is -0.877. The maximum absolute atomic E-state index is 12.8. The highest BCUT2D eigenvalue weighted by atomic mass is 16.6. The topological polar surface area (TPSA) is 78.9 Å². The summed E-state index contributed by atoms with van der Waals surface area (Å²) in [5.41, 5.74) is 0. The molecular weight excluding hydrogens is 781 g/mol. The van der Waals surface area contributed by atoms with Gasteiger partial charge < -0.3 is 14.2 Å². The second kappa shape index (κ2) is 52.5. The lowest BCUT2D eigenvalue weighted by Gasteiger charge is -2.18. The molecule has 0 saturated carbocycles. The molecule has 0 fully saturated rings. The Morgan fingerprint density at radius 2 is 0.556 bits per heavy atom. The van der Waals surface area contributed by atoms with E-state index in [9.17, 15) is 14.4 Å². The van der Waals surface area contributed by atoms with Crippen molar-refractivity contribution >= 4 is 17.9 Å². The van der Waals surface area contributed by atoms with Gasteiger partial charge in [-0.15, -0.1) is 0 Å². The Kier molecular flexibility index (Phi) is 50.8. The third-order valence-electron chi connectivity index (χ3n) is 12.4. The van der Waals surface area contributed by atoms with E-state index in [0.717, 1.165) is 77.0 Å². The minimum absolute atomic E-state index is 0.0733. The van der Waals surface area contributed by atoms with E-state index < -0.39 is 6.10 Å². The number of carbonyl (C=O) groups is 3. The summed E-state index contributed by atoms with van der Waals surface area (Å²) >= 11 is 0. The molecule has 0 aromatic carbocycles. The predicted molar refractivity (Wildman–Crippen MR) is 270 cm³/mol. The fraction of sp³-hybridized carbons (Fsp3) is 0.877. The van der Waals surface area contributed by atoms with Crippen LogP contribution in [0.3, 0.4) is 0 Å². The average molecular weight is 887 g/mol. The normalized spacial score (nSPS) is 12.1. The van der Waals surface area contributed by atoms with Gasteiger partial charge in [-0.3, -0.25) is 14.4 Å². The van der Waals surface area contributed by atoms with Crippen molar-refractivity contribution in [3.05, 3.63) is 24.3 Å². The van der Waals surface area contributed by atoms with Crippen LogP contribution in [0.5, 0.6) is 0 Å². The molecule has 370 valence electrons. The van der Waals surface area contributed by atoms with E-state index in [2.05, 4.69) is 45.1 Å². The molecule has 6 nitrogen and oxygen atoms in total. The largest absolute Gasteiger partial charge is 0.462 e. The number of hydrogen-bond acceptors (Lipinski definition) is 6. The van der Waals surface area contributed by atoms with Crippen molar-refractivity contribution in [2.45, 2.75) is 309 Å². The number of hydrogen-bond donors (Lipinski definition) is 0. The van der Waals surface area contributed by atoms with Crippen LogP contribution < -0.4 is 0 Å². The first-order chi connectivity index (χ1) is 31.0. The smallest absolute Gasteiger partial charge is 0.306 e. The van der Waals surface area contributed by atoms with Gasteiger partial charge in [-0.1, -0.05) is 244 Å². The zero-order valence-corrected chi connectivity index (χ0v) is 42.4. The molecule has 0 saturated heterocycles. The lowest BCUT2D eigenvalue weighted by atomic mass is 10.0. The summed E-state index contributed by atoms with van der Waals surface area (Å²) in [6.45, 7) is 6.60. The van der Waals surface area contributed by atoms with Crippen LogP contribution in [0, 0.1) is 0 Å². The molecule has 6 heteroatoms. The Morgan fingerprint density at radius 1 is 0.302 bits per heavy atom. The van der Waals surface area contributed by atoms with Crippen LogP contribution in [-0.4, -0.2) is 37.2 Å². The molecule has 0 spiro atoms. The monoisotopic (exact) mass is 887 g/mol. The van der Waals surface area contributed by atoms with Gasteiger partial charge in [0.1, 0.15) is 13.2 Å². The molecule has 0 rings (SSSR count). The lowest BCUT2D eigenvalue weighted by molar-refractivity contribution is -0.167. The third kappa shape index (κ3) is 50.7. The standard InChI is InChI=1S/C57H106O6/c1-4-7-10-13-16-19-22-24-26-27-28-29-30-32-33-35-38-41-44-47-50-56(59)62-53-54(52-61-55(58)49-46-43-40-37-21-18-15-12-9-6-3)63-57(60)51-48-45-42-39-36-34-31-25-23-20-17-14-11-8-5-2/h12,15,25,31,54H,4-11,13-14,16-24,26-30,32-53H2,1-3H3/b15-12-,31-25-. The van der Waals surface area contributed by atoms with Crippen LogP contribution in [0.2, 0.25) is 0 Å². The van der Waals surface area contributed by atoms with Crippen molar-refractivity contribution in [2.75, 3.05) is 13.2 Å². The number of carbonyl (C=O) groups excluding carboxylic acids is 3. The highest BCUT2D eigenvalue weighted by Gasteiger charge is 2.19. The molecule has 1 unspecified atom stereocenters. The van der Waals surface area contributed by atoms with Gasteiger partial charge in [0.25, 0.3) is 0 Å². The quantitative estimate of drug-likeness (QED) is 0.0262. The van der Waals surface area contributed by atoms with Gasteiger partial charge in [-0.25, -0.2) is 0 Å². The van der Waals surface area contributed by atoms with Crippen LogP contribution in [0.1, 0.15) is 303 Å². The van der Waals surface area contributed by atoms with Crippen molar-refractivity contribution in [3.63, 3.8) is 0 Å². The van der Waals surface area contributed by atoms with Crippen molar-refractivity contribution in [1.29, 1.82) is 0 Å². The summed E-state index contributed by atoms with van der Waals surface area (Å²) in [5, 5.41) is 0. The molecule has 63 heavy (non-hydrogen) atoms. The molecule has 0 heterocycles. The summed E-state index contributed by atoms with van der Waals surface area (Å²) in [6.07, 6.45) is 60.3. The summed E-state index contributed by atoms with van der Waals surface area (Å²) in [6, 6.07) is 0. The van der Waals surface area contributed by atoms with Crippen LogP contribution in [-0.2, 0) is 28.6 Å². The van der Waals surface area contributed by atoms with E-state index in [0.29, 0.717) is 19.3 Å². The SMILES string of the molecule is CCC/C=C\CCCCCCCC(=O)OCC(COC(=O)CCCCCCCCCCCCCCCCCCCCCC)OC(=O)CCCCCCC/C=C\CCCCCCCC. The van der Waals surface area contributed by atoms with Gasteiger partial charge in [0.15, 0.2) is 6.10 Å². The summed E-state index contributed by atoms with van der Waals surface area (Å²) in [4.78, 5) is 38.0. The molecule has 0 aliphatic rings. The van der Waals surface area contributed by atoms with Gasteiger partial charge >= 0.3 is 17.9 Å². The summed E-state index contributed by atoms with van der Waals surface area (Å²) < 4.78 is 16.8. The second-order valence-corrected chi connectivity index (χ2v) is 18.8. The number of allylic oxidation sites excluding steroid dienone is 4. The molecule has 0 aliphatic carbocycles. The Bertz CT molecular complexity index is 1020. The van der Waals surface area contributed by atoms with E-state index in [1.165, 1.54) is 186 Å². The number of unbranched alkanes of at least 4 members (excludes halogenated alkanes) is 36. The Labute approximate surface area is 392 Å². The minimum Gasteiger partial charge on any atom is -0.462 e. The van der Waals surface area contributed by atoms with Crippen LogP contribution >= 0.6 is 0 Å². The lowest BCUT2D eigenvalue weighted by Crippen LogP contribution is -2.30. The van der Waals surface area contributed by atoms with Crippen molar-refractivity contribution in [2.24, 2.45) is 0 Å². The number of esters is 3. The molecule has 0 bridgehead atoms.